The van der Waals surface area contributed by atoms with Gasteiger partial charge in [0.25, 0.3) is 5.91 Å². The summed E-state index contributed by atoms with van der Waals surface area (Å²) in [6, 6.07) is 4.35. The zero-order chi connectivity index (χ0) is 14.7. The molecular weight excluding hydrogens is 262 g/mol. The topological polar surface area (TPSA) is 36.4 Å². The van der Waals surface area contributed by atoms with E-state index in [1.807, 2.05) is 17.2 Å². The molecule has 0 aromatic carbocycles. The van der Waals surface area contributed by atoms with Gasteiger partial charge in [0.05, 0.1) is 11.9 Å². The number of nitrogens with zero attached hydrogens (tertiary/aromatic N) is 3. The molecule has 21 heavy (non-hydrogen) atoms. The van der Waals surface area contributed by atoms with Gasteiger partial charge < -0.3 is 9.80 Å². The molecular formula is C17H25N3O. The minimum absolute atomic E-state index is 0.106. The van der Waals surface area contributed by atoms with Crippen molar-refractivity contribution in [3.05, 3.63) is 24.0 Å². The third-order valence-corrected chi connectivity index (χ3v) is 4.80. The summed E-state index contributed by atoms with van der Waals surface area (Å²) in [4.78, 5) is 21.5. The molecule has 1 amide bonds. The Morgan fingerprint density at radius 3 is 2.62 bits per heavy atom. The molecule has 2 saturated heterocycles. The molecule has 2 aliphatic rings. The lowest BCUT2D eigenvalue weighted by Crippen LogP contribution is -2.43. The van der Waals surface area contributed by atoms with Crippen molar-refractivity contribution in [2.75, 3.05) is 24.5 Å². The SMILES string of the molecule is CCC1CCCCN1C(=O)c1ccc(N2CCCC2)cn1. The predicted octanol–water partition coefficient (Wildman–Crippen LogP) is 3.09. The number of rotatable bonds is 3. The lowest BCUT2D eigenvalue weighted by atomic mass is 9.99. The smallest absolute Gasteiger partial charge is 0.272 e. The van der Waals surface area contributed by atoms with Gasteiger partial charge in [-0.2, -0.15) is 0 Å². The maximum Gasteiger partial charge on any atom is 0.272 e. The first-order valence-corrected chi connectivity index (χ1v) is 8.31. The van der Waals surface area contributed by atoms with E-state index in [2.05, 4.69) is 22.9 Å². The third-order valence-electron chi connectivity index (χ3n) is 4.80. The second kappa shape index (κ2) is 6.46. The highest BCUT2D eigenvalue weighted by molar-refractivity contribution is 5.92. The molecule has 0 spiro atoms. The van der Waals surface area contributed by atoms with Gasteiger partial charge in [-0.15, -0.1) is 0 Å². The summed E-state index contributed by atoms with van der Waals surface area (Å²) in [5.41, 5.74) is 1.74. The summed E-state index contributed by atoms with van der Waals surface area (Å²) < 4.78 is 0. The van der Waals surface area contributed by atoms with Crippen LogP contribution in [0.15, 0.2) is 18.3 Å². The average molecular weight is 287 g/mol. The van der Waals surface area contributed by atoms with Gasteiger partial charge >= 0.3 is 0 Å². The summed E-state index contributed by atoms with van der Waals surface area (Å²) in [5.74, 6) is 0.106. The van der Waals surface area contributed by atoms with Gasteiger partial charge in [0.1, 0.15) is 5.69 Å². The largest absolute Gasteiger partial charge is 0.370 e. The van der Waals surface area contributed by atoms with Crippen LogP contribution in [0.2, 0.25) is 0 Å². The van der Waals surface area contributed by atoms with Crippen molar-refractivity contribution in [2.45, 2.75) is 51.5 Å². The number of carbonyl (C=O) groups is 1. The zero-order valence-corrected chi connectivity index (χ0v) is 12.9. The number of pyridine rings is 1. The summed E-state index contributed by atoms with van der Waals surface area (Å²) in [6.45, 7) is 5.27. The second-order valence-corrected chi connectivity index (χ2v) is 6.15. The quantitative estimate of drug-likeness (QED) is 0.857. The molecule has 3 rings (SSSR count). The van der Waals surface area contributed by atoms with Gasteiger partial charge in [-0.05, 0) is 50.7 Å². The molecule has 4 heteroatoms. The summed E-state index contributed by atoms with van der Waals surface area (Å²) >= 11 is 0. The Morgan fingerprint density at radius 2 is 1.95 bits per heavy atom. The minimum atomic E-state index is 0.106. The lowest BCUT2D eigenvalue weighted by Gasteiger charge is -2.35. The maximum absolute atomic E-state index is 12.7. The normalized spacial score (nSPS) is 22.6. The van der Waals surface area contributed by atoms with E-state index in [1.54, 1.807) is 0 Å². The highest BCUT2D eigenvalue weighted by Crippen LogP contribution is 2.23. The van der Waals surface area contributed by atoms with Crippen molar-refractivity contribution in [2.24, 2.45) is 0 Å². The Kier molecular flexibility index (Phi) is 4.42. The Balaban J connectivity index is 1.71. The van der Waals surface area contributed by atoms with Gasteiger partial charge in [0.2, 0.25) is 0 Å². The summed E-state index contributed by atoms with van der Waals surface area (Å²) in [7, 11) is 0. The van der Waals surface area contributed by atoms with Crippen LogP contribution in [0.3, 0.4) is 0 Å². The monoisotopic (exact) mass is 287 g/mol. The Morgan fingerprint density at radius 1 is 1.19 bits per heavy atom. The zero-order valence-electron chi connectivity index (χ0n) is 12.9. The van der Waals surface area contributed by atoms with E-state index < -0.39 is 0 Å². The van der Waals surface area contributed by atoms with E-state index in [0.717, 1.165) is 44.6 Å². The molecule has 0 aliphatic carbocycles. The van der Waals surface area contributed by atoms with Crippen LogP contribution in [0.4, 0.5) is 5.69 Å². The maximum atomic E-state index is 12.7. The fourth-order valence-corrected chi connectivity index (χ4v) is 3.51. The number of piperidine rings is 1. The molecule has 0 bridgehead atoms. The van der Waals surface area contributed by atoms with E-state index >= 15 is 0 Å². The Labute approximate surface area is 127 Å². The van der Waals surface area contributed by atoms with Crippen molar-refractivity contribution in [3.8, 4) is 0 Å². The molecule has 1 unspecified atom stereocenters. The van der Waals surface area contributed by atoms with Gasteiger partial charge in [-0.25, -0.2) is 4.98 Å². The van der Waals surface area contributed by atoms with Crippen molar-refractivity contribution in [1.29, 1.82) is 0 Å². The Bertz CT molecular complexity index is 479. The first kappa shape index (κ1) is 14.4. The van der Waals surface area contributed by atoms with Crippen LogP contribution in [-0.4, -0.2) is 41.5 Å². The lowest BCUT2D eigenvalue weighted by molar-refractivity contribution is 0.0602. The minimum Gasteiger partial charge on any atom is -0.370 e. The van der Waals surface area contributed by atoms with Crippen LogP contribution < -0.4 is 4.90 Å². The van der Waals surface area contributed by atoms with Gasteiger partial charge in [0, 0.05) is 25.7 Å². The molecule has 2 aliphatic heterocycles. The van der Waals surface area contributed by atoms with E-state index in [9.17, 15) is 4.79 Å². The first-order chi connectivity index (χ1) is 10.3. The fourth-order valence-electron chi connectivity index (χ4n) is 3.51. The van der Waals surface area contributed by atoms with E-state index in [-0.39, 0.29) is 5.91 Å². The number of carbonyl (C=O) groups excluding carboxylic acids is 1. The van der Waals surface area contributed by atoms with E-state index in [0.29, 0.717) is 11.7 Å². The molecule has 3 heterocycles. The molecule has 0 saturated carbocycles. The van der Waals surface area contributed by atoms with E-state index in [4.69, 9.17) is 0 Å². The number of aromatic nitrogens is 1. The van der Waals surface area contributed by atoms with Crippen LogP contribution in [-0.2, 0) is 0 Å². The number of hydrogen-bond acceptors (Lipinski definition) is 3. The van der Waals surface area contributed by atoms with Gasteiger partial charge in [-0.1, -0.05) is 6.92 Å². The van der Waals surface area contributed by atoms with Crippen molar-refractivity contribution in [3.63, 3.8) is 0 Å². The molecule has 1 aromatic rings. The van der Waals surface area contributed by atoms with Gasteiger partial charge in [0.15, 0.2) is 0 Å². The third kappa shape index (κ3) is 3.04. The second-order valence-electron chi connectivity index (χ2n) is 6.15. The summed E-state index contributed by atoms with van der Waals surface area (Å²) in [6.07, 6.45) is 8.91. The van der Waals surface area contributed by atoms with Crippen LogP contribution in [0, 0.1) is 0 Å². The predicted molar refractivity (Wildman–Crippen MR) is 84.7 cm³/mol. The molecule has 2 fully saturated rings. The molecule has 114 valence electrons. The van der Waals surface area contributed by atoms with Crippen LogP contribution in [0.25, 0.3) is 0 Å². The molecule has 1 atom stereocenters. The van der Waals surface area contributed by atoms with Crippen LogP contribution >= 0.6 is 0 Å². The standard InChI is InChI=1S/C17H25N3O/c1-2-14-7-3-4-12-20(14)17(21)16-9-8-15(13-18-16)19-10-5-6-11-19/h8-9,13-14H,2-7,10-12H2,1H3. The number of anilines is 1. The van der Waals surface area contributed by atoms with Gasteiger partial charge in [-0.3, -0.25) is 4.79 Å². The molecule has 4 nitrogen and oxygen atoms in total. The fraction of sp³-hybridized carbons (Fsp3) is 0.647. The van der Waals surface area contributed by atoms with Crippen molar-refractivity contribution in [1.82, 2.24) is 9.88 Å². The Hall–Kier alpha value is -1.58. The molecule has 0 radical (unpaired) electrons. The average Bonchev–Trinajstić information content (AvgIpc) is 3.09. The summed E-state index contributed by atoms with van der Waals surface area (Å²) in [5, 5.41) is 0. The van der Waals surface area contributed by atoms with Crippen LogP contribution in [0.5, 0.6) is 0 Å². The van der Waals surface area contributed by atoms with Crippen molar-refractivity contribution < 1.29 is 4.79 Å². The highest BCUT2D eigenvalue weighted by atomic mass is 16.2. The number of amides is 1. The van der Waals surface area contributed by atoms with Crippen LogP contribution in [0.1, 0.15) is 55.9 Å². The molecule has 1 aromatic heterocycles. The molecule has 0 N–H and O–H groups in total. The number of hydrogen-bond donors (Lipinski definition) is 0. The van der Waals surface area contributed by atoms with E-state index in [1.165, 1.54) is 19.3 Å². The highest BCUT2D eigenvalue weighted by Gasteiger charge is 2.27. The number of likely N-dealkylation sites (tertiary alicyclic amines) is 1. The first-order valence-electron chi connectivity index (χ1n) is 8.31. The van der Waals surface area contributed by atoms with Crippen molar-refractivity contribution >= 4 is 11.6 Å².